The lowest BCUT2D eigenvalue weighted by Gasteiger charge is -2.43. The van der Waals surface area contributed by atoms with Crippen LogP contribution in [0.5, 0.6) is 0 Å². The van der Waals surface area contributed by atoms with Crippen molar-refractivity contribution in [3.05, 3.63) is 32.6 Å². The van der Waals surface area contributed by atoms with Crippen molar-refractivity contribution in [3.8, 4) is 0 Å². The second-order valence-electron chi connectivity index (χ2n) is 5.72. The molecule has 4 unspecified atom stereocenters. The average molecular weight is 358 g/mol. The molecule has 1 fully saturated rings. The van der Waals surface area contributed by atoms with Gasteiger partial charge in [-0.2, -0.15) is 0 Å². The number of H-pyrrole nitrogens is 2. The van der Waals surface area contributed by atoms with E-state index in [1.807, 2.05) is 0 Å². The van der Waals surface area contributed by atoms with Gasteiger partial charge in [0.1, 0.15) is 18.3 Å². The molecule has 0 spiro atoms. The molecule has 1 aliphatic rings. The molecule has 11 nitrogen and oxygen atoms in total. The highest BCUT2D eigenvalue weighted by Crippen LogP contribution is 2.23. The van der Waals surface area contributed by atoms with Gasteiger partial charge in [-0.25, -0.2) is 9.59 Å². The van der Waals surface area contributed by atoms with Crippen molar-refractivity contribution in [2.75, 3.05) is 13.7 Å². The van der Waals surface area contributed by atoms with Crippen molar-refractivity contribution in [1.82, 2.24) is 15.3 Å². The Morgan fingerprint density at radius 3 is 2.84 bits per heavy atom. The molecule has 6 N–H and O–H groups in total. The summed E-state index contributed by atoms with van der Waals surface area (Å²) in [5.41, 5.74) is 4.15. The second kappa shape index (κ2) is 8.25. The third-order valence-electron chi connectivity index (χ3n) is 3.95. The van der Waals surface area contributed by atoms with Gasteiger partial charge in [0, 0.05) is 13.3 Å². The monoisotopic (exact) mass is 358 g/mol. The molecule has 5 atom stereocenters. The van der Waals surface area contributed by atoms with Crippen molar-refractivity contribution in [3.63, 3.8) is 0 Å². The smallest absolute Gasteiger partial charge is 0.325 e. The maximum atomic E-state index is 11.8. The molecule has 140 valence electrons. The number of hydrogen-bond donors (Lipinski definition) is 5. The van der Waals surface area contributed by atoms with Crippen LogP contribution in [0.1, 0.15) is 12.5 Å². The summed E-state index contributed by atoms with van der Waals surface area (Å²) in [7, 11) is 1.44. The zero-order valence-corrected chi connectivity index (χ0v) is 13.9. The van der Waals surface area contributed by atoms with Crippen molar-refractivity contribution < 1.29 is 24.1 Å². The van der Waals surface area contributed by atoms with Crippen LogP contribution in [0.25, 0.3) is 0 Å². The second-order valence-corrected chi connectivity index (χ2v) is 5.72. The Kier molecular flexibility index (Phi) is 6.31. The van der Waals surface area contributed by atoms with Gasteiger partial charge in [0.15, 0.2) is 0 Å². The number of nitrogens with two attached hydrogens (primary N) is 1. The highest BCUT2D eigenvalue weighted by molar-refractivity contribution is 5.72. The van der Waals surface area contributed by atoms with E-state index in [1.165, 1.54) is 20.2 Å². The molecule has 2 amide bonds. The van der Waals surface area contributed by atoms with Gasteiger partial charge in [0.05, 0.1) is 30.9 Å². The fourth-order valence-corrected chi connectivity index (χ4v) is 2.72. The fourth-order valence-electron chi connectivity index (χ4n) is 2.72. The minimum Gasteiger partial charge on any atom is -0.391 e. The third-order valence-corrected chi connectivity index (χ3v) is 3.95. The maximum absolute atomic E-state index is 11.8. The largest absolute Gasteiger partial charge is 0.391 e. The summed E-state index contributed by atoms with van der Waals surface area (Å²) in [6.45, 7) is 1.45. The maximum Gasteiger partial charge on any atom is 0.325 e. The molecular formula is C14H22N4O7. The summed E-state index contributed by atoms with van der Waals surface area (Å²) >= 11 is 0. The number of carbonyl (C=O) groups excluding carboxylic acids is 1. The van der Waals surface area contributed by atoms with Gasteiger partial charge in [-0.15, -0.1) is 0 Å². The summed E-state index contributed by atoms with van der Waals surface area (Å²) < 4.78 is 16.6. The van der Waals surface area contributed by atoms with E-state index in [4.69, 9.17) is 19.9 Å². The molecule has 0 aliphatic carbocycles. The first-order chi connectivity index (χ1) is 11.8. The first kappa shape index (κ1) is 19.1. The summed E-state index contributed by atoms with van der Waals surface area (Å²) in [5, 5.41) is 12.5. The van der Waals surface area contributed by atoms with E-state index in [0.717, 1.165) is 0 Å². The Hall–Kier alpha value is -2.21. The molecule has 1 saturated heterocycles. The van der Waals surface area contributed by atoms with Crippen molar-refractivity contribution in [2.24, 2.45) is 5.73 Å². The number of aliphatic hydroxyl groups is 1. The van der Waals surface area contributed by atoms with E-state index in [2.05, 4.69) is 15.3 Å². The van der Waals surface area contributed by atoms with Crippen molar-refractivity contribution in [1.29, 1.82) is 0 Å². The number of aliphatic hydroxyl groups excluding tert-OH is 1. The lowest BCUT2D eigenvalue weighted by Crippen LogP contribution is -2.64. The number of aromatic amines is 2. The summed E-state index contributed by atoms with van der Waals surface area (Å²) in [5.74, 6) is 0. The number of primary amides is 1. The van der Waals surface area contributed by atoms with Crippen molar-refractivity contribution >= 4 is 6.03 Å². The molecule has 0 bridgehead atoms. The minimum atomic E-state index is -0.908. The number of aromatic nitrogens is 2. The number of amides is 2. The summed E-state index contributed by atoms with van der Waals surface area (Å²) in [4.78, 5) is 38.6. The average Bonchev–Trinajstić information content (AvgIpc) is 2.53. The molecule has 11 heteroatoms. The number of nitrogens with one attached hydrogen (secondary N) is 3. The van der Waals surface area contributed by atoms with Crippen LogP contribution in [0.2, 0.25) is 0 Å². The number of carbonyl (C=O) groups is 1. The van der Waals surface area contributed by atoms with Crippen LogP contribution in [0.15, 0.2) is 15.8 Å². The van der Waals surface area contributed by atoms with Crippen LogP contribution in [-0.4, -0.2) is 65.3 Å². The zero-order valence-electron chi connectivity index (χ0n) is 13.9. The SMILES string of the molecule is COC1CO[C@@H](C(C)O)C(OCc2c[nH]c(=O)[nH]c2=O)C1NC(N)=O. The Morgan fingerprint density at radius 1 is 1.56 bits per heavy atom. The molecular weight excluding hydrogens is 336 g/mol. The lowest BCUT2D eigenvalue weighted by atomic mass is 9.94. The molecule has 0 aromatic carbocycles. The first-order valence-electron chi connectivity index (χ1n) is 7.64. The van der Waals surface area contributed by atoms with Gasteiger partial charge in [0.25, 0.3) is 5.56 Å². The van der Waals surface area contributed by atoms with E-state index >= 15 is 0 Å². The Balaban J connectivity index is 2.23. The van der Waals surface area contributed by atoms with E-state index in [9.17, 15) is 19.5 Å². The molecule has 1 aliphatic heterocycles. The van der Waals surface area contributed by atoms with Gasteiger partial charge in [0.2, 0.25) is 0 Å². The molecule has 1 aromatic rings. The molecule has 2 rings (SSSR count). The van der Waals surface area contributed by atoms with E-state index in [0.29, 0.717) is 0 Å². The Morgan fingerprint density at radius 2 is 2.28 bits per heavy atom. The predicted molar refractivity (Wildman–Crippen MR) is 85.0 cm³/mol. The fraction of sp³-hybridized carbons (Fsp3) is 0.643. The van der Waals surface area contributed by atoms with Gasteiger partial charge in [-0.3, -0.25) is 9.78 Å². The number of ether oxygens (including phenoxy) is 3. The van der Waals surface area contributed by atoms with Crippen LogP contribution in [-0.2, 0) is 20.8 Å². The number of rotatable bonds is 6. The van der Waals surface area contributed by atoms with E-state index in [-0.39, 0.29) is 18.8 Å². The Labute approximate surface area is 142 Å². The molecule has 0 saturated carbocycles. The van der Waals surface area contributed by atoms with Crippen LogP contribution in [0.4, 0.5) is 4.79 Å². The first-order valence-corrected chi connectivity index (χ1v) is 7.64. The van der Waals surface area contributed by atoms with Crippen LogP contribution in [0, 0.1) is 0 Å². The number of urea groups is 1. The van der Waals surface area contributed by atoms with Gasteiger partial charge >= 0.3 is 11.7 Å². The lowest BCUT2D eigenvalue weighted by molar-refractivity contribution is -0.195. The van der Waals surface area contributed by atoms with Gasteiger partial charge < -0.3 is 35.4 Å². The number of hydrogen-bond acceptors (Lipinski definition) is 7. The van der Waals surface area contributed by atoms with Crippen molar-refractivity contribution in [2.45, 2.75) is 44.0 Å². The molecule has 25 heavy (non-hydrogen) atoms. The molecule has 2 heterocycles. The predicted octanol–water partition coefficient (Wildman–Crippen LogP) is -2.22. The third kappa shape index (κ3) is 4.66. The minimum absolute atomic E-state index is 0.121. The summed E-state index contributed by atoms with van der Waals surface area (Å²) in [6.07, 6.45) is -1.84. The van der Waals surface area contributed by atoms with Gasteiger partial charge in [-0.05, 0) is 6.92 Å². The van der Waals surface area contributed by atoms with Crippen LogP contribution >= 0.6 is 0 Å². The molecule has 1 aromatic heterocycles. The zero-order chi connectivity index (χ0) is 18.6. The standard InChI is InChI=1S/C14H22N4O7/c1-6(19)10-11(9(17-13(15)21)8(23-2)5-25-10)24-4-7-3-16-14(22)18-12(7)20/h3,6,8-11,19H,4-5H2,1-2H3,(H3,15,17,21)(H2,16,18,20,22)/t6?,8?,9?,10-,11?/m0/s1. The Bertz CT molecular complexity index is 701. The topological polar surface area (TPSA) is 169 Å². The summed E-state index contributed by atoms with van der Waals surface area (Å²) in [6, 6.07) is -1.48. The number of methoxy groups -OCH3 is 1. The van der Waals surface area contributed by atoms with Crippen LogP contribution in [0.3, 0.4) is 0 Å². The van der Waals surface area contributed by atoms with Crippen LogP contribution < -0.4 is 22.3 Å². The normalized spacial score (nSPS) is 27.6. The van der Waals surface area contributed by atoms with E-state index < -0.39 is 47.7 Å². The van der Waals surface area contributed by atoms with Gasteiger partial charge in [-0.1, -0.05) is 0 Å². The molecule has 0 radical (unpaired) electrons. The highest BCUT2D eigenvalue weighted by atomic mass is 16.6. The van der Waals surface area contributed by atoms with E-state index in [1.54, 1.807) is 0 Å². The quantitative estimate of drug-likeness (QED) is 0.383. The highest BCUT2D eigenvalue weighted by Gasteiger charge is 2.44.